The minimum atomic E-state index is -0.206. The monoisotopic (exact) mass is 295 g/mol. The minimum absolute atomic E-state index is 0.00941. The molecule has 1 unspecified atom stereocenters. The summed E-state index contributed by atoms with van der Waals surface area (Å²) in [5.41, 5.74) is 2.38. The first-order valence-corrected chi connectivity index (χ1v) is 7.26. The van der Waals surface area contributed by atoms with E-state index < -0.39 is 0 Å². The Morgan fingerprint density at radius 3 is 2.55 bits per heavy atom. The predicted octanol–water partition coefficient (Wildman–Crippen LogP) is 3.08. The van der Waals surface area contributed by atoms with Gasteiger partial charge in [-0.2, -0.15) is 0 Å². The molecule has 0 bridgehead atoms. The van der Waals surface area contributed by atoms with Gasteiger partial charge in [0.25, 0.3) is 0 Å². The molecule has 1 aliphatic heterocycles. The van der Waals surface area contributed by atoms with Crippen LogP contribution in [0.2, 0.25) is 0 Å². The van der Waals surface area contributed by atoms with Gasteiger partial charge in [-0.3, -0.25) is 9.59 Å². The highest BCUT2D eigenvalue weighted by atomic mass is 16.5. The molecule has 0 spiro atoms. The van der Waals surface area contributed by atoms with E-state index in [2.05, 4.69) is 5.32 Å². The van der Waals surface area contributed by atoms with E-state index in [0.29, 0.717) is 24.3 Å². The number of fused-ring (bicyclic) bond motifs is 1. The Hall–Kier alpha value is -2.62. The first-order valence-electron chi connectivity index (χ1n) is 7.26. The number of nitrogens with one attached hydrogen (secondary N) is 1. The summed E-state index contributed by atoms with van der Waals surface area (Å²) in [6, 6.07) is 14.7. The van der Waals surface area contributed by atoms with Crippen LogP contribution in [-0.2, 0) is 11.2 Å². The lowest BCUT2D eigenvalue weighted by atomic mass is 9.96. The number of carbonyl (C=O) groups excluding carboxylic acids is 2. The van der Waals surface area contributed by atoms with Crippen molar-refractivity contribution in [1.29, 1.82) is 0 Å². The van der Waals surface area contributed by atoms with Crippen LogP contribution >= 0.6 is 0 Å². The predicted molar refractivity (Wildman–Crippen MR) is 84.2 cm³/mol. The summed E-state index contributed by atoms with van der Waals surface area (Å²) in [6.45, 7) is 1.90. The van der Waals surface area contributed by atoms with Gasteiger partial charge < -0.3 is 10.1 Å². The van der Waals surface area contributed by atoms with Crippen molar-refractivity contribution >= 4 is 17.4 Å². The first-order chi connectivity index (χ1) is 10.6. The van der Waals surface area contributed by atoms with Gasteiger partial charge in [0.05, 0.1) is 5.92 Å². The maximum Gasteiger partial charge on any atom is 0.231 e. The van der Waals surface area contributed by atoms with Crippen LogP contribution < -0.4 is 10.1 Å². The van der Waals surface area contributed by atoms with Crippen LogP contribution in [0.25, 0.3) is 0 Å². The number of hydrogen-bond donors (Lipinski definition) is 1. The lowest BCUT2D eigenvalue weighted by molar-refractivity contribution is -0.121. The molecule has 1 atom stereocenters. The Labute approximate surface area is 129 Å². The Morgan fingerprint density at radius 2 is 1.82 bits per heavy atom. The summed E-state index contributed by atoms with van der Waals surface area (Å²) in [5, 5.41) is 2.88. The second kappa shape index (κ2) is 6.02. The lowest BCUT2D eigenvalue weighted by Crippen LogP contribution is -2.32. The number of rotatable bonds is 3. The summed E-state index contributed by atoms with van der Waals surface area (Å²) in [7, 11) is 0. The Morgan fingerprint density at radius 1 is 1.09 bits per heavy atom. The third kappa shape index (κ3) is 3.01. The van der Waals surface area contributed by atoms with Crippen LogP contribution in [-0.4, -0.2) is 18.3 Å². The molecule has 1 aliphatic rings. The zero-order chi connectivity index (χ0) is 15.5. The van der Waals surface area contributed by atoms with Gasteiger partial charge in [0.15, 0.2) is 5.78 Å². The van der Waals surface area contributed by atoms with Crippen molar-refractivity contribution in [2.75, 3.05) is 11.9 Å². The normalized spacial score (nSPS) is 16.3. The second-order valence-corrected chi connectivity index (χ2v) is 5.44. The van der Waals surface area contributed by atoms with E-state index in [9.17, 15) is 9.59 Å². The minimum Gasteiger partial charge on any atom is -0.492 e. The zero-order valence-corrected chi connectivity index (χ0v) is 12.3. The maximum absolute atomic E-state index is 12.3. The molecule has 0 aromatic heterocycles. The summed E-state index contributed by atoms with van der Waals surface area (Å²) in [6.07, 6.45) is 0.674. The van der Waals surface area contributed by atoms with Gasteiger partial charge in [-0.15, -0.1) is 0 Å². The molecule has 112 valence electrons. The standard InChI is InChI=1S/C18H17NO3/c1-12(20)13-6-8-16(9-7-13)19-18(21)15-10-14-4-2-3-5-17(14)22-11-15/h2-9,15H,10-11H2,1H3,(H,19,21). The highest BCUT2D eigenvalue weighted by molar-refractivity contribution is 5.96. The molecule has 0 radical (unpaired) electrons. The van der Waals surface area contributed by atoms with Gasteiger partial charge in [-0.25, -0.2) is 0 Å². The molecule has 22 heavy (non-hydrogen) atoms. The number of benzene rings is 2. The number of para-hydroxylation sites is 1. The molecule has 2 aromatic carbocycles. The molecule has 0 aliphatic carbocycles. The summed E-state index contributed by atoms with van der Waals surface area (Å²) >= 11 is 0. The zero-order valence-electron chi connectivity index (χ0n) is 12.3. The SMILES string of the molecule is CC(=O)c1ccc(NC(=O)C2COc3ccccc3C2)cc1. The number of Topliss-reactive ketones (excluding diaryl/α,β-unsaturated/α-hetero) is 1. The van der Waals surface area contributed by atoms with Crippen molar-refractivity contribution in [2.45, 2.75) is 13.3 Å². The fourth-order valence-electron chi connectivity index (χ4n) is 2.53. The van der Waals surface area contributed by atoms with Crippen LogP contribution in [0.3, 0.4) is 0 Å². The Balaban J connectivity index is 1.66. The topological polar surface area (TPSA) is 55.4 Å². The van der Waals surface area contributed by atoms with E-state index in [-0.39, 0.29) is 17.6 Å². The highest BCUT2D eigenvalue weighted by Gasteiger charge is 2.25. The molecule has 4 heteroatoms. The van der Waals surface area contributed by atoms with Gasteiger partial charge in [-0.1, -0.05) is 18.2 Å². The van der Waals surface area contributed by atoms with E-state index in [1.807, 2.05) is 24.3 Å². The maximum atomic E-state index is 12.3. The number of ether oxygens (including phenoxy) is 1. The van der Waals surface area contributed by atoms with E-state index in [1.54, 1.807) is 24.3 Å². The van der Waals surface area contributed by atoms with Crippen LogP contribution in [0.4, 0.5) is 5.69 Å². The molecule has 2 aromatic rings. The van der Waals surface area contributed by atoms with Crippen molar-refractivity contribution in [3.63, 3.8) is 0 Å². The van der Waals surface area contributed by atoms with Gasteiger partial charge >= 0.3 is 0 Å². The smallest absolute Gasteiger partial charge is 0.231 e. The van der Waals surface area contributed by atoms with Crippen molar-refractivity contribution < 1.29 is 14.3 Å². The van der Waals surface area contributed by atoms with Gasteiger partial charge in [-0.05, 0) is 49.2 Å². The van der Waals surface area contributed by atoms with E-state index in [0.717, 1.165) is 11.3 Å². The molecular weight excluding hydrogens is 278 g/mol. The second-order valence-electron chi connectivity index (χ2n) is 5.44. The molecular formula is C18H17NO3. The fraction of sp³-hybridized carbons (Fsp3) is 0.222. The molecule has 1 amide bonds. The largest absolute Gasteiger partial charge is 0.492 e. The number of carbonyl (C=O) groups is 2. The van der Waals surface area contributed by atoms with Crippen LogP contribution in [0.1, 0.15) is 22.8 Å². The average molecular weight is 295 g/mol. The van der Waals surface area contributed by atoms with Crippen molar-refractivity contribution in [1.82, 2.24) is 0 Å². The molecule has 4 nitrogen and oxygen atoms in total. The molecule has 0 saturated carbocycles. The molecule has 1 heterocycles. The third-order valence-corrected chi connectivity index (χ3v) is 3.81. The van der Waals surface area contributed by atoms with Crippen LogP contribution in [0, 0.1) is 5.92 Å². The first kappa shape index (κ1) is 14.3. The highest BCUT2D eigenvalue weighted by Crippen LogP contribution is 2.27. The summed E-state index contributed by atoms with van der Waals surface area (Å²) in [5.74, 6) is 0.597. The van der Waals surface area contributed by atoms with Gasteiger partial charge in [0, 0.05) is 11.3 Å². The molecule has 0 saturated heterocycles. The number of ketones is 1. The van der Waals surface area contributed by atoms with Crippen molar-refractivity contribution in [2.24, 2.45) is 5.92 Å². The van der Waals surface area contributed by atoms with Crippen molar-refractivity contribution in [3.8, 4) is 5.75 Å². The Kier molecular flexibility index (Phi) is 3.92. The fourth-order valence-corrected chi connectivity index (χ4v) is 2.53. The Bertz CT molecular complexity index is 707. The molecule has 3 rings (SSSR count). The average Bonchev–Trinajstić information content (AvgIpc) is 2.55. The van der Waals surface area contributed by atoms with Crippen molar-refractivity contribution in [3.05, 3.63) is 59.7 Å². The van der Waals surface area contributed by atoms with E-state index >= 15 is 0 Å². The molecule has 0 fully saturated rings. The van der Waals surface area contributed by atoms with E-state index in [4.69, 9.17) is 4.74 Å². The van der Waals surface area contributed by atoms with Crippen LogP contribution in [0.15, 0.2) is 48.5 Å². The number of amides is 1. The summed E-state index contributed by atoms with van der Waals surface area (Å²) in [4.78, 5) is 23.6. The van der Waals surface area contributed by atoms with Crippen LogP contribution in [0.5, 0.6) is 5.75 Å². The van der Waals surface area contributed by atoms with Gasteiger partial charge in [0.1, 0.15) is 12.4 Å². The quantitative estimate of drug-likeness (QED) is 0.885. The third-order valence-electron chi connectivity index (χ3n) is 3.81. The molecule has 1 N–H and O–H groups in total. The number of hydrogen-bond acceptors (Lipinski definition) is 3. The number of anilines is 1. The summed E-state index contributed by atoms with van der Waals surface area (Å²) < 4.78 is 5.64. The van der Waals surface area contributed by atoms with Gasteiger partial charge in [0.2, 0.25) is 5.91 Å². The lowest BCUT2D eigenvalue weighted by Gasteiger charge is -2.24. The van der Waals surface area contributed by atoms with E-state index in [1.165, 1.54) is 6.92 Å².